The smallest absolute Gasteiger partial charge is 0.222 e. The molecule has 8 heteroatoms. The zero-order chi connectivity index (χ0) is 63.8. The molecule has 514 valence electrons. The van der Waals surface area contributed by atoms with Crippen LogP contribution in [0.15, 0.2) is 48.6 Å². The van der Waals surface area contributed by atoms with Crippen LogP contribution in [0, 0.1) is 0 Å². The summed E-state index contributed by atoms with van der Waals surface area (Å²) in [6, 6.07) is 0. The highest BCUT2D eigenvalue weighted by Gasteiger charge is 2.19. The number of amides is 4. The lowest BCUT2D eigenvalue weighted by Crippen LogP contribution is -2.43. The predicted molar refractivity (Wildman–Crippen MR) is 386 cm³/mol. The fraction of sp³-hybridized carbons (Fsp3) is 0.850. The molecule has 8 nitrogen and oxygen atoms in total. The largest absolute Gasteiger partial charge is 0.356 e. The SMILES string of the molecule is CCCCCCCC/C=C\CCCCCCCC(=O)NCCCN(CCN(CCCNC(=O)CCCCCCC/C=C\CCCCCCCC)C(=O)CCCCCCC/C=C\CCCCCCCC)C(=O)CCCCCCC/C=C\CCCCCCCC. The Labute approximate surface area is 548 Å². The van der Waals surface area contributed by atoms with Crippen molar-refractivity contribution in [3.63, 3.8) is 0 Å². The Morgan fingerprint density at radius 1 is 0.227 bits per heavy atom. The van der Waals surface area contributed by atoms with Crippen LogP contribution in [0.3, 0.4) is 0 Å². The minimum absolute atomic E-state index is 0.107. The summed E-state index contributed by atoms with van der Waals surface area (Å²) >= 11 is 0. The van der Waals surface area contributed by atoms with Gasteiger partial charge in [0, 0.05) is 65.0 Å². The van der Waals surface area contributed by atoms with E-state index in [1.807, 2.05) is 9.80 Å². The van der Waals surface area contributed by atoms with Gasteiger partial charge in [0.25, 0.3) is 0 Å². The average molecular weight is 1230 g/mol. The molecule has 0 unspecified atom stereocenters. The van der Waals surface area contributed by atoms with Crippen LogP contribution in [0.2, 0.25) is 0 Å². The van der Waals surface area contributed by atoms with Crippen molar-refractivity contribution in [3.8, 4) is 0 Å². The van der Waals surface area contributed by atoms with Gasteiger partial charge in [-0.1, -0.05) is 282 Å². The van der Waals surface area contributed by atoms with Gasteiger partial charge in [-0.3, -0.25) is 19.2 Å². The second-order valence-corrected chi connectivity index (χ2v) is 26.5. The van der Waals surface area contributed by atoms with E-state index in [1.54, 1.807) is 0 Å². The number of hydrogen-bond acceptors (Lipinski definition) is 4. The number of allylic oxidation sites excluding steroid dienone is 8. The van der Waals surface area contributed by atoms with Crippen molar-refractivity contribution in [1.29, 1.82) is 0 Å². The van der Waals surface area contributed by atoms with E-state index in [-0.39, 0.29) is 23.6 Å². The number of nitrogens with one attached hydrogen (secondary N) is 2. The Bertz CT molecular complexity index is 1490. The molecular weight excluding hydrogens is 1080 g/mol. The maximum absolute atomic E-state index is 14.0. The van der Waals surface area contributed by atoms with E-state index in [9.17, 15) is 19.2 Å². The Hall–Kier alpha value is -3.16. The molecule has 0 aromatic carbocycles. The van der Waals surface area contributed by atoms with Gasteiger partial charge in [-0.2, -0.15) is 0 Å². The lowest BCUT2D eigenvalue weighted by Gasteiger charge is -2.28. The summed E-state index contributed by atoms with van der Waals surface area (Å²) in [6.07, 6.45) is 86.6. The van der Waals surface area contributed by atoms with E-state index >= 15 is 0 Å². The van der Waals surface area contributed by atoms with Crippen molar-refractivity contribution >= 4 is 23.6 Å². The molecule has 2 N–H and O–H groups in total. The summed E-state index contributed by atoms with van der Waals surface area (Å²) in [6.45, 7) is 12.3. The molecule has 0 aliphatic carbocycles. The van der Waals surface area contributed by atoms with Crippen LogP contribution in [-0.4, -0.2) is 72.7 Å². The van der Waals surface area contributed by atoms with Crippen LogP contribution in [0.5, 0.6) is 0 Å². The van der Waals surface area contributed by atoms with Crippen LogP contribution >= 0.6 is 0 Å². The lowest BCUT2D eigenvalue weighted by atomic mass is 10.1. The third kappa shape index (κ3) is 65.8. The molecule has 0 aliphatic heterocycles. The summed E-state index contributed by atoms with van der Waals surface area (Å²) in [5.41, 5.74) is 0. The summed E-state index contributed by atoms with van der Waals surface area (Å²) in [7, 11) is 0. The minimum atomic E-state index is 0.107. The highest BCUT2D eigenvalue weighted by atomic mass is 16.2. The van der Waals surface area contributed by atoms with Crippen molar-refractivity contribution in [1.82, 2.24) is 20.4 Å². The molecule has 0 rings (SSSR count). The van der Waals surface area contributed by atoms with Crippen LogP contribution < -0.4 is 10.6 Å². The first-order valence-electron chi connectivity index (χ1n) is 39.1. The van der Waals surface area contributed by atoms with Crippen LogP contribution in [-0.2, 0) is 19.2 Å². The average Bonchev–Trinajstić information content (AvgIpc) is 3.55. The van der Waals surface area contributed by atoms with Crippen molar-refractivity contribution in [3.05, 3.63) is 48.6 Å². The van der Waals surface area contributed by atoms with Gasteiger partial charge < -0.3 is 20.4 Å². The first-order valence-corrected chi connectivity index (χ1v) is 39.1. The van der Waals surface area contributed by atoms with Gasteiger partial charge in [-0.05, 0) is 141 Å². The van der Waals surface area contributed by atoms with Gasteiger partial charge in [0.1, 0.15) is 0 Å². The van der Waals surface area contributed by atoms with E-state index in [0.717, 1.165) is 89.9 Å². The number of unbranched alkanes of at least 4 members (excludes halogenated alkanes) is 44. The molecule has 0 saturated heterocycles. The van der Waals surface area contributed by atoms with Gasteiger partial charge >= 0.3 is 0 Å². The predicted octanol–water partition coefficient (Wildman–Crippen LogP) is 23.8. The van der Waals surface area contributed by atoms with Crippen LogP contribution in [0.25, 0.3) is 0 Å². The molecule has 0 bridgehead atoms. The normalized spacial score (nSPS) is 11.8. The molecule has 0 aliphatic rings. The molecule has 0 saturated carbocycles. The summed E-state index contributed by atoms with van der Waals surface area (Å²) in [4.78, 5) is 57.9. The van der Waals surface area contributed by atoms with E-state index in [2.05, 4.69) is 86.9 Å². The molecular formula is C80H150N4O4. The van der Waals surface area contributed by atoms with Gasteiger partial charge in [0.2, 0.25) is 23.6 Å². The van der Waals surface area contributed by atoms with Crippen molar-refractivity contribution in [2.75, 3.05) is 39.3 Å². The van der Waals surface area contributed by atoms with Crippen LogP contribution in [0.4, 0.5) is 0 Å². The Morgan fingerprint density at radius 2 is 0.420 bits per heavy atom. The van der Waals surface area contributed by atoms with Gasteiger partial charge in [-0.15, -0.1) is 0 Å². The zero-order valence-corrected chi connectivity index (χ0v) is 59.4. The fourth-order valence-corrected chi connectivity index (χ4v) is 11.9. The standard InChI is InChI=1S/C80H150N4O4/c1-5-9-13-17-21-25-29-33-37-41-45-49-53-57-61-67-77(85)81-71-65-73-83(79(87)69-63-59-55-51-47-43-39-35-31-27-23-19-15-11-7-3)75-76-84(80(88)70-64-60-56-52-48-44-40-36-32-28-24-20-16-12-8-4)74-66-72-82-78(86)68-62-58-54-50-46-42-38-34-30-26-22-18-14-10-6-2/h33-40H,5-32,41-76H2,1-4H3,(H,81,85)(H,82,86)/b37-33-,38-34-,39-35-,40-36-. The summed E-state index contributed by atoms with van der Waals surface area (Å²) < 4.78 is 0. The van der Waals surface area contributed by atoms with Crippen molar-refractivity contribution in [2.24, 2.45) is 0 Å². The molecule has 0 spiro atoms. The Morgan fingerprint density at radius 3 is 0.648 bits per heavy atom. The van der Waals surface area contributed by atoms with Crippen molar-refractivity contribution < 1.29 is 19.2 Å². The first kappa shape index (κ1) is 84.8. The van der Waals surface area contributed by atoms with Gasteiger partial charge in [0.05, 0.1) is 0 Å². The number of carbonyl (C=O) groups excluding carboxylic acids is 4. The minimum Gasteiger partial charge on any atom is -0.356 e. The molecule has 0 atom stereocenters. The summed E-state index contributed by atoms with van der Waals surface area (Å²) in [5.74, 6) is 0.529. The molecule has 88 heavy (non-hydrogen) atoms. The van der Waals surface area contributed by atoms with Crippen LogP contribution in [0.1, 0.15) is 400 Å². The number of nitrogens with zero attached hydrogens (tertiary/aromatic N) is 2. The molecule has 0 aromatic rings. The molecule has 0 aromatic heterocycles. The van der Waals surface area contributed by atoms with Crippen molar-refractivity contribution in [2.45, 2.75) is 400 Å². The highest BCUT2D eigenvalue weighted by Crippen LogP contribution is 2.17. The quantitative estimate of drug-likeness (QED) is 0.0468. The topological polar surface area (TPSA) is 98.8 Å². The zero-order valence-electron chi connectivity index (χ0n) is 59.4. The number of rotatable bonds is 71. The van der Waals surface area contributed by atoms with E-state index in [4.69, 9.17) is 0 Å². The van der Waals surface area contributed by atoms with E-state index in [1.165, 1.54) is 244 Å². The van der Waals surface area contributed by atoms with E-state index < -0.39 is 0 Å². The summed E-state index contributed by atoms with van der Waals surface area (Å²) in [5, 5.41) is 6.32. The van der Waals surface area contributed by atoms with Gasteiger partial charge in [0.15, 0.2) is 0 Å². The maximum atomic E-state index is 14.0. The fourth-order valence-electron chi connectivity index (χ4n) is 11.9. The number of hydrogen-bond donors (Lipinski definition) is 2. The van der Waals surface area contributed by atoms with Gasteiger partial charge in [-0.25, -0.2) is 0 Å². The Kier molecular flexibility index (Phi) is 70.3. The molecule has 4 amide bonds. The third-order valence-electron chi connectivity index (χ3n) is 17.8. The second kappa shape index (κ2) is 72.9. The Balaban J connectivity index is 5.31. The third-order valence-corrected chi connectivity index (χ3v) is 17.8. The highest BCUT2D eigenvalue weighted by molar-refractivity contribution is 5.78. The molecule has 0 heterocycles. The lowest BCUT2D eigenvalue weighted by molar-refractivity contribution is -0.135. The monoisotopic (exact) mass is 1230 g/mol. The number of carbonyl (C=O) groups is 4. The first-order chi connectivity index (χ1) is 43.4. The molecule has 0 radical (unpaired) electrons. The second-order valence-electron chi connectivity index (χ2n) is 26.5. The van der Waals surface area contributed by atoms with E-state index in [0.29, 0.717) is 77.8 Å². The molecule has 0 fully saturated rings. The maximum Gasteiger partial charge on any atom is 0.222 e.